The van der Waals surface area contributed by atoms with Crippen molar-refractivity contribution in [1.82, 2.24) is 0 Å². The monoisotopic (exact) mass is 580 g/mol. The zero-order chi connectivity index (χ0) is 30.5. The molecule has 42 heavy (non-hydrogen) atoms. The highest BCUT2D eigenvalue weighted by atomic mass is 16.5. The number of unbranched alkanes of at least 4 members (excludes halogenated alkanes) is 2. The topological polar surface area (TPSA) is 72.8 Å². The molecule has 0 saturated heterocycles. The summed E-state index contributed by atoms with van der Waals surface area (Å²) in [5, 5.41) is 9.17. The molecule has 0 spiro atoms. The van der Waals surface area contributed by atoms with Crippen molar-refractivity contribution in [2.75, 3.05) is 19.8 Å². The predicted molar refractivity (Wildman–Crippen MR) is 170 cm³/mol. The minimum Gasteiger partial charge on any atom is -0.462 e. The molecule has 0 aromatic heterocycles. The Morgan fingerprint density at radius 1 is 0.881 bits per heavy atom. The molecular formula is C37H56O5. The second-order valence-electron chi connectivity index (χ2n) is 13.6. The van der Waals surface area contributed by atoms with Gasteiger partial charge in [0.2, 0.25) is 0 Å². The van der Waals surface area contributed by atoms with Gasteiger partial charge in [0.15, 0.2) is 0 Å². The fourth-order valence-corrected chi connectivity index (χ4v) is 6.91. The van der Waals surface area contributed by atoms with Gasteiger partial charge in [-0.05, 0) is 93.1 Å². The number of carbonyl (C=O) groups is 2. The van der Waals surface area contributed by atoms with Gasteiger partial charge >= 0.3 is 11.9 Å². The number of rotatable bonds is 16. The molecule has 1 atom stereocenters. The van der Waals surface area contributed by atoms with Crippen LogP contribution in [0, 0.1) is 23.2 Å². The van der Waals surface area contributed by atoms with Crippen LogP contribution in [0.25, 0.3) is 0 Å². The molecule has 0 heterocycles. The molecular weight excluding hydrogens is 524 g/mol. The van der Waals surface area contributed by atoms with Crippen molar-refractivity contribution in [3.05, 3.63) is 59.7 Å². The molecule has 2 saturated carbocycles. The van der Waals surface area contributed by atoms with Crippen LogP contribution in [0.2, 0.25) is 0 Å². The first kappa shape index (κ1) is 34.1. The van der Waals surface area contributed by atoms with Gasteiger partial charge in [-0.3, -0.25) is 0 Å². The van der Waals surface area contributed by atoms with Crippen LogP contribution in [0.3, 0.4) is 0 Å². The molecule has 2 aliphatic carbocycles. The van der Waals surface area contributed by atoms with E-state index in [1.807, 2.05) is 6.92 Å². The van der Waals surface area contributed by atoms with Crippen molar-refractivity contribution < 1.29 is 24.2 Å². The lowest BCUT2D eigenvalue weighted by atomic mass is 9.68. The van der Waals surface area contributed by atoms with E-state index in [0.29, 0.717) is 17.9 Å². The van der Waals surface area contributed by atoms with Gasteiger partial charge in [0.1, 0.15) is 13.2 Å². The minimum atomic E-state index is -0.635. The third kappa shape index (κ3) is 10.7. The quantitative estimate of drug-likeness (QED) is 0.121. The van der Waals surface area contributed by atoms with Gasteiger partial charge in [0, 0.05) is 11.0 Å². The van der Waals surface area contributed by atoms with Gasteiger partial charge in [-0.1, -0.05) is 89.8 Å². The van der Waals surface area contributed by atoms with E-state index < -0.39 is 24.0 Å². The van der Waals surface area contributed by atoms with E-state index in [0.717, 1.165) is 24.2 Å². The summed E-state index contributed by atoms with van der Waals surface area (Å²) in [6, 6.07) is 9.04. The lowest BCUT2D eigenvalue weighted by Crippen LogP contribution is -2.32. The maximum Gasteiger partial charge on any atom is 0.335 e. The summed E-state index contributed by atoms with van der Waals surface area (Å²) >= 11 is 0. The zero-order valence-electron chi connectivity index (χ0n) is 26.6. The molecule has 1 unspecified atom stereocenters. The van der Waals surface area contributed by atoms with Crippen LogP contribution in [0.4, 0.5) is 0 Å². The van der Waals surface area contributed by atoms with E-state index in [1.165, 1.54) is 88.2 Å². The Hall–Kier alpha value is -2.40. The molecule has 2 aliphatic rings. The summed E-state index contributed by atoms with van der Waals surface area (Å²) in [5.41, 5.74) is 2.42. The summed E-state index contributed by atoms with van der Waals surface area (Å²) < 4.78 is 10.9. The third-order valence-corrected chi connectivity index (χ3v) is 9.95. The van der Waals surface area contributed by atoms with Crippen molar-refractivity contribution in [2.24, 2.45) is 23.2 Å². The first-order valence-electron chi connectivity index (χ1n) is 16.5. The molecule has 1 aromatic carbocycles. The molecule has 5 nitrogen and oxygen atoms in total. The van der Waals surface area contributed by atoms with Gasteiger partial charge in [-0.25, -0.2) is 9.59 Å². The number of hydrogen-bond donors (Lipinski definition) is 1. The van der Waals surface area contributed by atoms with Crippen LogP contribution in [-0.2, 0) is 25.5 Å². The lowest BCUT2D eigenvalue weighted by molar-refractivity contribution is -0.149. The van der Waals surface area contributed by atoms with Crippen LogP contribution in [0.15, 0.2) is 48.6 Å². The van der Waals surface area contributed by atoms with Gasteiger partial charge in [0.05, 0.1) is 12.2 Å². The molecule has 0 radical (unpaired) electrons. The molecule has 5 heteroatoms. The number of aliphatic hydroxyl groups is 1. The molecule has 0 aliphatic heterocycles. The maximum absolute atomic E-state index is 12.1. The van der Waals surface area contributed by atoms with Crippen LogP contribution in [-0.4, -0.2) is 36.9 Å². The van der Waals surface area contributed by atoms with Gasteiger partial charge in [-0.2, -0.15) is 0 Å². The van der Waals surface area contributed by atoms with Crippen molar-refractivity contribution in [3.8, 4) is 0 Å². The highest BCUT2D eigenvalue weighted by Crippen LogP contribution is 2.44. The summed E-state index contributed by atoms with van der Waals surface area (Å²) in [6.45, 7) is 12.8. The largest absolute Gasteiger partial charge is 0.462 e. The van der Waals surface area contributed by atoms with E-state index >= 15 is 0 Å². The Balaban J connectivity index is 1.47. The van der Waals surface area contributed by atoms with E-state index in [9.17, 15) is 14.7 Å². The Bertz CT molecular complexity index is 1010. The number of carbonyl (C=O) groups excluding carboxylic acids is 2. The molecule has 0 amide bonds. The molecule has 2 fully saturated rings. The van der Waals surface area contributed by atoms with Crippen LogP contribution in [0.1, 0.15) is 121 Å². The number of benzene rings is 1. The Kier molecular flexibility index (Phi) is 13.8. The summed E-state index contributed by atoms with van der Waals surface area (Å²) in [6.07, 6.45) is 18.3. The molecule has 1 aromatic rings. The Labute approximate surface area is 255 Å². The Morgan fingerprint density at radius 2 is 1.45 bits per heavy atom. The fourth-order valence-electron chi connectivity index (χ4n) is 6.91. The number of ether oxygens (including phenoxy) is 2. The van der Waals surface area contributed by atoms with Crippen molar-refractivity contribution in [3.63, 3.8) is 0 Å². The predicted octanol–water partition coefficient (Wildman–Crippen LogP) is 8.50. The normalized spacial score (nSPS) is 23.9. The average Bonchev–Trinajstić information content (AvgIpc) is 3.02. The van der Waals surface area contributed by atoms with Crippen molar-refractivity contribution in [1.29, 1.82) is 0 Å². The van der Waals surface area contributed by atoms with Crippen molar-refractivity contribution in [2.45, 2.75) is 117 Å². The highest BCUT2D eigenvalue weighted by Gasteiger charge is 2.32. The second-order valence-corrected chi connectivity index (χ2v) is 13.6. The lowest BCUT2D eigenvalue weighted by Gasteiger charge is -2.38. The van der Waals surface area contributed by atoms with Gasteiger partial charge in [-0.15, -0.1) is 0 Å². The first-order chi connectivity index (χ1) is 20.1. The van der Waals surface area contributed by atoms with Crippen molar-refractivity contribution >= 4 is 11.9 Å². The van der Waals surface area contributed by atoms with Crippen LogP contribution >= 0.6 is 0 Å². The second kappa shape index (κ2) is 17.0. The SMILES string of the molecule is C=C(C)C(=O)OCC(C)(CCc1ccc(C2CCC(C3CCC(CCCCC)CC3)CC2)cc1)COC(=O)C(=C)CO. The van der Waals surface area contributed by atoms with E-state index in [2.05, 4.69) is 44.3 Å². The van der Waals surface area contributed by atoms with E-state index in [-0.39, 0.29) is 18.8 Å². The Morgan fingerprint density at radius 3 is 2.00 bits per heavy atom. The van der Waals surface area contributed by atoms with E-state index in [1.54, 1.807) is 6.92 Å². The minimum absolute atomic E-state index is 0.00564. The third-order valence-electron chi connectivity index (χ3n) is 9.95. The molecule has 3 rings (SSSR count). The summed E-state index contributed by atoms with van der Waals surface area (Å²) in [5.74, 6) is 2.45. The van der Waals surface area contributed by atoms with E-state index in [4.69, 9.17) is 9.47 Å². The molecule has 234 valence electrons. The standard InChI is InChI=1S/C37H56O5/c1-6-7-8-9-29-10-14-31(15-11-29)33-18-20-34(21-19-33)32-16-12-30(13-17-32)22-23-37(5,25-41-35(39)27(2)3)26-42-36(40)28(4)24-38/h12-13,16-17,29,31,33-34,38H,2,4,6-11,14-15,18-26H2,1,3,5H3. The van der Waals surface area contributed by atoms with Gasteiger partial charge in [0.25, 0.3) is 0 Å². The first-order valence-corrected chi connectivity index (χ1v) is 16.5. The molecule has 0 bridgehead atoms. The maximum atomic E-state index is 12.1. The van der Waals surface area contributed by atoms with Crippen LogP contribution < -0.4 is 0 Å². The fraction of sp³-hybridized carbons (Fsp3) is 0.676. The number of aliphatic hydroxyl groups excluding tert-OH is 1. The molecule has 1 N–H and O–H groups in total. The average molecular weight is 581 g/mol. The summed E-state index contributed by atoms with van der Waals surface area (Å²) in [7, 11) is 0. The smallest absolute Gasteiger partial charge is 0.335 e. The number of esters is 2. The summed E-state index contributed by atoms with van der Waals surface area (Å²) in [4.78, 5) is 24.1. The number of aryl methyl sites for hydroxylation is 1. The highest BCUT2D eigenvalue weighted by molar-refractivity contribution is 5.88. The van der Waals surface area contributed by atoms with Gasteiger partial charge < -0.3 is 14.6 Å². The zero-order valence-corrected chi connectivity index (χ0v) is 26.6. The number of hydrogen-bond acceptors (Lipinski definition) is 5. The van der Waals surface area contributed by atoms with Crippen LogP contribution in [0.5, 0.6) is 0 Å².